The van der Waals surface area contributed by atoms with Gasteiger partial charge >= 0.3 is 0 Å². The molecular weight excluding hydrogens is 198 g/mol. The Balaban J connectivity index is 2.32. The van der Waals surface area contributed by atoms with E-state index in [-0.39, 0.29) is 0 Å². The average molecular weight is 209 g/mol. The number of anilines is 1. The Morgan fingerprint density at radius 2 is 1.81 bits per heavy atom. The Morgan fingerprint density at radius 1 is 1.00 bits per heavy atom. The number of nitrogens with zero attached hydrogens (tertiary/aromatic N) is 2. The molecule has 0 amide bonds. The molecule has 0 aliphatic carbocycles. The molecule has 1 aromatic carbocycles. The fourth-order valence-electron chi connectivity index (χ4n) is 1.88. The van der Waals surface area contributed by atoms with Gasteiger partial charge in [-0.15, -0.1) is 0 Å². The van der Waals surface area contributed by atoms with E-state index in [2.05, 4.69) is 4.98 Å². The van der Waals surface area contributed by atoms with Crippen molar-refractivity contribution in [2.75, 3.05) is 5.73 Å². The smallest absolute Gasteiger partial charge is 0.0724 e. The molecule has 0 saturated heterocycles. The molecule has 0 radical (unpaired) electrons. The van der Waals surface area contributed by atoms with E-state index >= 15 is 0 Å². The van der Waals surface area contributed by atoms with Gasteiger partial charge in [0, 0.05) is 24.0 Å². The van der Waals surface area contributed by atoms with Crippen molar-refractivity contribution in [3.8, 4) is 5.69 Å². The molecule has 2 heterocycles. The fraction of sp³-hybridized carbons (Fsp3) is 0. The van der Waals surface area contributed by atoms with Gasteiger partial charge in [0.15, 0.2) is 0 Å². The lowest BCUT2D eigenvalue weighted by Gasteiger charge is -2.09. The second-order valence-electron chi connectivity index (χ2n) is 3.66. The van der Waals surface area contributed by atoms with E-state index in [1.54, 1.807) is 6.20 Å². The number of hydrogen-bond acceptors (Lipinski definition) is 2. The van der Waals surface area contributed by atoms with E-state index in [9.17, 15) is 0 Å². The van der Waals surface area contributed by atoms with E-state index in [0.29, 0.717) is 0 Å². The van der Waals surface area contributed by atoms with Gasteiger partial charge in [-0.1, -0.05) is 0 Å². The summed E-state index contributed by atoms with van der Waals surface area (Å²) in [5.41, 5.74) is 8.83. The minimum absolute atomic E-state index is 0.766. The summed E-state index contributed by atoms with van der Waals surface area (Å²) < 4.78 is 2.00. The van der Waals surface area contributed by atoms with Gasteiger partial charge in [-0.3, -0.25) is 4.98 Å². The van der Waals surface area contributed by atoms with Crippen LogP contribution in [0.15, 0.2) is 55.0 Å². The van der Waals surface area contributed by atoms with E-state index in [1.807, 2.05) is 53.4 Å². The highest BCUT2D eigenvalue weighted by atomic mass is 15.0. The van der Waals surface area contributed by atoms with Crippen molar-refractivity contribution < 1.29 is 0 Å². The summed E-state index contributed by atoms with van der Waals surface area (Å²) in [6, 6.07) is 11.8. The van der Waals surface area contributed by atoms with Crippen LogP contribution in [0.3, 0.4) is 0 Å². The minimum atomic E-state index is 0.766. The minimum Gasteiger partial charge on any atom is -0.396 e. The zero-order valence-electron chi connectivity index (χ0n) is 8.67. The van der Waals surface area contributed by atoms with Crippen molar-refractivity contribution in [3.05, 3.63) is 55.0 Å². The number of hydrogen-bond donors (Lipinski definition) is 1. The van der Waals surface area contributed by atoms with Gasteiger partial charge in [0.25, 0.3) is 0 Å². The molecule has 3 aromatic rings. The number of aromatic nitrogens is 2. The van der Waals surface area contributed by atoms with Crippen LogP contribution < -0.4 is 5.73 Å². The van der Waals surface area contributed by atoms with Crippen molar-refractivity contribution in [2.45, 2.75) is 0 Å². The summed E-state index contributed by atoms with van der Waals surface area (Å²) in [5, 5.41) is 0.994. The first-order valence-electron chi connectivity index (χ1n) is 5.13. The number of nitrogen functional groups attached to an aromatic ring is 1. The van der Waals surface area contributed by atoms with Crippen molar-refractivity contribution in [3.63, 3.8) is 0 Å². The predicted octanol–water partition coefficient (Wildman–Crippen LogP) is 2.61. The molecule has 2 N–H and O–H groups in total. The molecule has 3 rings (SSSR count). The molecule has 78 valence electrons. The first-order chi connectivity index (χ1) is 7.86. The summed E-state index contributed by atoms with van der Waals surface area (Å²) in [5.74, 6) is 0. The van der Waals surface area contributed by atoms with Crippen LogP contribution in [0.1, 0.15) is 0 Å². The van der Waals surface area contributed by atoms with Crippen molar-refractivity contribution >= 4 is 16.6 Å². The Labute approximate surface area is 93.1 Å². The maximum absolute atomic E-state index is 6.15. The Hall–Kier alpha value is -2.29. The molecule has 0 aliphatic heterocycles. The summed E-state index contributed by atoms with van der Waals surface area (Å²) in [6.45, 7) is 0. The molecule has 2 aromatic heterocycles. The van der Waals surface area contributed by atoms with Crippen LogP contribution in [-0.2, 0) is 0 Å². The zero-order valence-corrected chi connectivity index (χ0v) is 8.67. The van der Waals surface area contributed by atoms with Gasteiger partial charge in [-0.2, -0.15) is 0 Å². The number of benzene rings is 1. The van der Waals surface area contributed by atoms with Gasteiger partial charge in [0.05, 0.1) is 16.9 Å². The number of rotatable bonds is 1. The summed E-state index contributed by atoms with van der Waals surface area (Å²) in [4.78, 5) is 4.28. The summed E-state index contributed by atoms with van der Waals surface area (Å²) in [6.07, 6.45) is 5.74. The zero-order chi connectivity index (χ0) is 11.0. The van der Waals surface area contributed by atoms with Gasteiger partial charge in [-0.25, -0.2) is 0 Å². The molecule has 0 spiro atoms. The number of pyridine rings is 1. The lowest BCUT2D eigenvalue weighted by Crippen LogP contribution is -1.98. The van der Waals surface area contributed by atoms with Crippen molar-refractivity contribution in [2.24, 2.45) is 0 Å². The molecule has 0 bridgehead atoms. The second-order valence-corrected chi connectivity index (χ2v) is 3.66. The molecular formula is C13H11N3. The molecule has 16 heavy (non-hydrogen) atoms. The van der Waals surface area contributed by atoms with Crippen LogP contribution in [0.25, 0.3) is 16.6 Å². The van der Waals surface area contributed by atoms with Crippen LogP contribution in [0.4, 0.5) is 5.69 Å². The largest absolute Gasteiger partial charge is 0.396 e. The third-order valence-electron chi connectivity index (χ3n) is 2.69. The lowest BCUT2D eigenvalue weighted by atomic mass is 10.1. The van der Waals surface area contributed by atoms with E-state index < -0.39 is 0 Å². The van der Waals surface area contributed by atoms with Crippen LogP contribution in [0.2, 0.25) is 0 Å². The first-order valence-corrected chi connectivity index (χ1v) is 5.13. The Morgan fingerprint density at radius 3 is 2.62 bits per heavy atom. The highest BCUT2D eigenvalue weighted by molar-refractivity contribution is 5.94. The lowest BCUT2D eigenvalue weighted by molar-refractivity contribution is 1.09. The number of fused-ring (bicyclic) bond motifs is 1. The molecule has 3 nitrogen and oxygen atoms in total. The quantitative estimate of drug-likeness (QED) is 0.626. The van der Waals surface area contributed by atoms with Gasteiger partial charge in [0.2, 0.25) is 0 Å². The number of nitrogens with two attached hydrogens (primary N) is 1. The van der Waals surface area contributed by atoms with Crippen LogP contribution in [0, 0.1) is 0 Å². The van der Waals surface area contributed by atoms with E-state index in [4.69, 9.17) is 5.73 Å². The summed E-state index contributed by atoms with van der Waals surface area (Å²) in [7, 11) is 0. The molecule has 0 fully saturated rings. The molecule has 0 atom stereocenters. The highest BCUT2D eigenvalue weighted by Gasteiger charge is 2.05. The highest BCUT2D eigenvalue weighted by Crippen LogP contribution is 2.26. The third kappa shape index (κ3) is 1.26. The normalized spacial score (nSPS) is 10.8. The van der Waals surface area contributed by atoms with Crippen LogP contribution >= 0.6 is 0 Å². The predicted molar refractivity (Wildman–Crippen MR) is 65.5 cm³/mol. The first kappa shape index (κ1) is 8.97. The van der Waals surface area contributed by atoms with E-state index in [0.717, 1.165) is 22.3 Å². The molecule has 0 unspecified atom stereocenters. The molecule has 3 heteroatoms. The van der Waals surface area contributed by atoms with Gasteiger partial charge in [0.1, 0.15) is 0 Å². The topological polar surface area (TPSA) is 43.8 Å². The SMILES string of the molecule is Nc1c(-n2cccc2)ccc2ncccc12. The van der Waals surface area contributed by atoms with Crippen molar-refractivity contribution in [1.82, 2.24) is 9.55 Å². The van der Waals surface area contributed by atoms with E-state index in [1.165, 1.54) is 0 Å². The second kappa shape index (κ2) is 3.38. The van der Waals surface area contributed by atoms with Crippen molar-refractivity contribution in [1.29, 1.82) is 0 Å². The van der Waals surface area contributed by atoms with Gasteiger partial charge < -0.3 is 10.3 Å². The van der Waals surface area contributed by atoms with Gasteiger partial charge in [-0.05, 0) is 36.4 Å². The maximum Gasteiger partial charge on any atom is 0.0724 e. The Bertz CT molecular complexity index is 627. The van der Waals surface area contributed by atoms with Crippen LogP contribution in [0.5, 0.6) is 0 Å². The average Bonchev–Trinajstić information content (AvgIpc) is 2.83. The summed E-state index contributed by atoms with van der Waals surface area (Å²) >= 11 is 0. The van der Waals surface area contributed by atoms with Crippen LogP contribution in [-0.4, -0.2) is 9.55 Å². The molecule has 0 saturated carbocycles. The Kier molecular flexibility index (Phi) is 1.90. The molecule has 0 aliphatic rings. The monoisotopic (exact) mass is 209 g/mol. The third-order valence-corrected chi connectivity index (χ3v) is 2.69. The maximum atomic E-state index is 6.15. The fourth-order valence-corrected chi connectivity index (χ4v) is 1.88. The standard InChI is InChI=1S/C13H11N3/c14-13-10-4-3-7-15-11(10)5-6-12(13)16-8-1-2-9-16/h1-9H,14H2.